The van der Waals surface area contributed by atoms with Gasteiger partial charge in [-0.2, -0.15) is 0 Å². The molecule has 74 valence electrons. The molecule has 0 saturated carbocycles. The summed E-state index contributed by atoms with van der Waals surface area (Å²) >= 11 is 1.82. The fourth-order valence-corrected chi connectivity index (χ4v) is 1.56. The van der Waals surface area contributed by atoms with Gasteiger partial charge in [-0.15, -0.1) is 11.8 Å². The molecule has 0 aromatic rings. The monoisotopic (exact) mass is 196 g/mol. The molecule has 0 N–H and O–H groups in total. The van der Waals surface area contributed by atoms with Gasteiger partial charge >= 0.3 is 0 Å². The molecule has 0 aromatic heterocycles. The maximum Gasteiger partial charge on any atom is 0.00583 e. The average Bonchev–Trinajstić information content (AvgIpc) is 2.17. The van der Waals surface area contributed by atoms with Crippen LogP contribution in [0, 0.1) is 0 Å². The van der Waals surface area contributed by atoms with Gasteiger partial charge in [0.05, 0.1) is 0 Å². The molecule has 0 heterocycles. The Hall–Kier alpha value is -0.430. The number of allylic oxidation sites excluding steroid dienone is 5. The molecular weight excluding hydrogens is 176 g/mol. The van der Waals surface area contributed by atoms with Crippen LogP contribution in [-0.4, -0.2) is 6.26 Å². The highest BCUT2D eigenvalue weighted by Gasteiger charge is 1.94. The molecule has 0 aliphatic carbocycles. The minimum absolute atomic E-state index is 1.13. The van der Waals surface area contributed by atoms with Gasteiger partial charge in [0.15, 0.2) is 0 Å². The van der Waals surface area contributed by atoms with Crippen LogP contribution in [-0.2, 0) is 0 Å². The number of rotatable bonds is 4. The highest BCUT2D eigenvalue weighted by molar-refractivity contribution is 8.02. The molecule has 0 atom stereocenters. The van der Waals surface area contributed by atoms with E-state index in [-0.39, 0.29) is 0 Å². The van der Waals surface area contributed by atoms with Crippen molar-refractivity contribution in [1.29, 1.82) is 0 Å². The van der Waals surface area contributed by atoms with Crippen LogP contribution in [0.5, 0.6) is 0 Å². The summed E-state index contributed by atoms with van der Waals surface area (Å²) in [6, 6.07) is 0. The lowest BCUT2D eigenvalue weighted by atomic mass is 10.2. The lowest BCUT2D eigenvalue weighted by Gasteiger charge is -2.02. The van der Waals surface area contributed by atoms with Crippen molar-refractivity contribution in [3.8, 4) is 0 Å². The summed E-state index contributed by atoms with van der Waals surface area (Å²) in [7, 11) is 0. The molecular formula is C12H20S. The zero-order valence-electron chi connectivity index (χ0n) is 9.35. The molecule has 0 saturated heterocycles. The number of hydrogen-bond donors (Lipinski definition) is 0. The highest BCUT2D eigenvalue weighted by Crippen LogP contribution is 2.20. The van der Waals surface area contributed by atoms with Gasteiger partial charge < -0.3 is 0 Å². The fourth-order valence-electron chi connectivity index (χ4n) is 0.862. The molecule has 0 radical (unpaired) electrons. The molecule has 0 unspecified atom stereocenters. The Bertz CT molecular complexity index is 232. The van der Waals surface area contributed by atoms with E-state index in [4.69, 9.17) is 0 Å². The van der Waals surface area contributed by atoms with E-state index in [0.29, 0.717) is 0 Å². The molecule has 0 spiro atoms. The topological polar surface area (TPSA) is 0 Å². The van der Waals surface area contributed by atoms with Gasteiger partial charge in [-0.05, 0) is 39.5 Å². The number of hydrogen-bond acceptors (Lipinski definition) is 1. The lowest BCUT2D eigenvalue weighted by Crippen LogP contribution is -1.79. The van der Waals surface area contributed by atoms with Gasteiger partial charge in [0, 0.05) is 4.91 Å². The summed E-state index contributed by atoms with van der Waals surface area (Å²) in [5.74, 6) is 0. The van der Waals surface area contributed by atoms with Crippen LogP contribution in [0.2, 0.25) is 0 Å². The van der Waals surface area contributed by atoms with Crippen LogP contribution in [0.25, 0.3) is 0 Å². The highest BCUT2D eigenvalue weighted by atomic mass is 32.2. The smallest absolute Gasteiger partial charge is 0.00583 e. The van der Waals surface area contributed by atoms with Gasteiger partial charge in [-0.3, -0.25) is 0 Å². The molecule has 0 rings (SSSR count). The standard InChI is InChI=1S/C12H20S/c1-6-10(3)8-9-12(13-5)11(4)7-2/h6,8-9H,7H2,1-5H3. The van der Waals surface area contributed by atoms with Crippen molar-refractivity contribution in [3.05, 3.63) is 34.3 Å². The predicted molar refractivity (Wildman–Crippen MR) is 65.1 cm³/mol. The third-order valence-corrected chi connectivity index (χ3v) is 3.05. The summed E-state index contributed by atoms with van der Waals surface area (Å²) < 4.78 is 0. The first-order valence-electron chi connectivity index (χ1n) is 4.70. The molecule has 1 heteroatoms. The Morgan fingerprint density at radius 3 is 2.23 bits per heavy atom. The normalized spacial score (nSPS) is 15.0. The molecule has 0 aliphatic heterocycles. The van der Waals surface area contributed by atoms with Crippen molar-refractivity contribution in [2.24, 2.45) is 0 Å². The first kappa shape index (κ1) is 12.6. The minimum atomic E-state index is 1.13. The molecule has 0 aliphatic rings. The van der Waals surface area contributed by atoms with Gasteiger partial charge in [-0.1, -0.05) is 30.2 Å². The molecule has 0 bridgehead atoms. The quantitative estimate of drug-likeness (QED) is 0.594. The van der Waals surface area contributed by atoms with Gasteiger partial charge in [0.2, 0.25) is 0 Å². The Morgan fingerprint density at radius 1 is 1.23 bits per heavy atom. The van der Waals surface area contributed by atoms with Crippen LogP contribution in [0.3, 0.4) is 0 Å². The zero-order chi connectivity index (χ0) is 10.3. The van der Waals surface area contributed by atoms with E-state index in [9.17, 15) is 0 Å². The number of thioether (sulfide) groups is 1. The summed E-state index contributed by atoms with van der Waals surface area (Å²) in [6.45, 7) is 8.58. The van der Waals surface area contributed by atoms with Crippen LogP contribution >= 0.6 is 11.8 Å². The molecule has 0 nitrogen and oxygen atoms in total. The van der Waals surface area contributed by atoms with E-state index in [1.54, 1.807) is 0 Å². The lowest BCUT2D eigenvalue weighted by molar-refractivity contribution is 1.09. The zero-order valence-corrected chi connectivity index (χ0v) is 10.2. The van der Waals surface area contributed by atoms with E-state index >= 15 is 0 Å². The summed E-state index contributed by atoms with van der Waals surface area (Å²) in [4.78, 5) is 1.39. The van der Waals surface area contributed by atoms with Crippen molar-refractivity contribution >= 4 is 11.8 Å². The summed E-state index contributed by atoms with van der Waals surface area (Å²) in [6.07, 6.45) is 9.76. The fraction of sp³-hybridized carbons (Fsp3) is 0.500. The molecule has 0 aromatic carbocycles. The SMILES string of the molecule is CC=C(C)C=CC(SC)=C(C)CC. The van der Waals surface area contributed by atoms with Crippen molar-refractivity contribution < 1.29 is 0 Å². The van der Waals surface area contributed by atoms with Crippen LogP contribution in [0.1, 0.15) is 34.1 Å². The third-order valence-electron chi connectivity index (χ3n) is 2.12. The molecule has 13 heavy (non-hydrogen) atoms. The Morgan fingerprint density at radius 2 is 1.85 bits per heavy atom. The van der Waals surface area contributed by atoms with Gasteiger partial charge in [-0.25, -0.2) is 0 Å². The largest absolute Gasteiger partial charge is 0.130 e. The first-order valence-corrected chi connectivity index (χ1v) is 5.92. The van der Waals surface area contributed by atoms with Crippen LogP contribution < -0.4 is 0 Å². The molecule has 0 amide bonds. The summed E-state index contributed by atoms with van der Waals surface area (Å²) in [5.41, 5.74) is 2.78. The Balaban J connectivity index is 4.56. The second kappa shape index (κ2) is 7.02. The van der Waals surface area contributed by atoms with Crippen molar-refractivity contribution in [3.63, 3.8) is 0 Å². The maximum absolute atomic E-state index is 2.21. The first-order chi connectivity index (χ1) is 6.15. The van der Waals surface area contributed by atoms with Crippen molar-refractivity contribution in [1.82, 2.24) is 0 Å². The maximum atomic E-state index is 2.21. The third kappa shape index (κ3) is 4.99. The van der Waals surface area contributed by atoms with E-state index in [1.165, 1.54) is 16.1 Å². The van der Waals surface area contributed by atoms with E-state index in [2.05, 4.69) is 52.2 Å². The predicted octanol–water partition coefficient (Wildman–Crippen LogP) is 4.56. The van der Waals surface area contributed by atoms with E-state index < -0.39 is 0 Å². The second-order valence-electron chi connectivity index (χ2n) is 3.07. The van der Waals surface area contributed by atoms with E-state index in [0.717, 1.165) is 6.42 Å². The van der Waals surface area contributed by atoms with Gasteiger partial charge in [0.1, 0.15) is 0 Å². The van der Waals surface area contributed by atoms with Crippen LogP contribution in [0.4, 0.5) is 0 Å². The summed E-state index contributed by atoms with van der Waals surface area (Å²) in [5, 5.41) is 0. The second-order valence-corrected chi connectivity index (χ2v) is 3.92. The Labute approximate surface area is 86.8 Å². The Kier molecular flexibility index (Phi) is 6.79. The van der Waals surface area contributed by atoms with Crippen molar-refractivity contribution in [2.75, 3.05) is 6.26 Å². The van der Waals surface area contributed by atoms with Gasteiger partial charge in [0.25, 0.3) is 0 Å². The van der Waals surface area contributed by atoms with E-state index in [1.807, 2.05) is 11.8 Å². The van der Waals surface area contributed by atoms with Crippen molar-refractivity contribution in [2.45, 2.75) is 34.1 Å². The molecule has 0 fully saturated rings. The minimum Gasteiger partial charge on any atom is -0.130 e. The average molecular weight is 196 g/mol. The van der Waals surface area contributed by atoms with Crippen LogP contribution in [0.15, 0.2) is 34.3 Å².